The molecule has 1 N–H and O–H groups in total. The van der Waals surface area contributed by atoms with Gasteiger partial charge in [0.2, 0.25) is 0 Å². The Morgan fingerprint density at radius 1 is 0.914 bits per heavy atom. The highest BCUT2D eigenvalue weighted by Gasteiger charge is 2.34. The summed E-state index contributed by atoms with van der Waals surface area (Å²) in [4.78, 5) is 26.4. The molecule has 5 rings (SSSR count). The second kappa shape index (κ2) is 9.52. The molecule has 0 spiro atoms. The molecule has 4 aromatic rings. The Balaban J connectivity index is 1.36. The van der Waals surface area contributed by atoms with Gasteiger partial charge < -0.3 is 14.8 Å². The highest BCUT2D eigenvalue weighted by molar-refractivity contribution is 6.31. The summed E-state index contributed by atoms with van der Waals surface area (Å²) in [7, 11) is 1.56. The van der Waals surface area contributed by atoms with Crippen LogP contribution in [-0.2, 0) is 11.4 Å². The second-order valence-electron chi connectivity index (χ2n) is 7.94. The third kappa shape index (κ3) is 4.56. The number of imide groups is 1. The van der Waals surface area contributed by atoms with E-state index in [1.165, 1.54) is 0 Å². The van der Waals surface area contributed by atoms with E-state index in [0.717, 1.165) is 21.2 Å². The number of methoxy groups -OCH3 is 1. The number of benzene rings is 4. The van der Waals surface area contributed by atoms with Gasteiger partial charge in [-0.3, -0.25) is 4.79 Å². The molecule has 1 saturated heterocycles. The van der Waals surface area contributed by atoms with Crippen molar-refractivity contribution in [1.82, 2.24) is 5.32 Å². The maximum atomic E-state index is 12.9. The average molecular weight is 485 g/mol. The number of carbonyl (C=O) groups is 2. The van der Waals surface area contributed by atoms with Crippen LogP contribution >= 0.6 is 11.6 Å². The van der Waals surface area contributed by atoms with E-state index in [1.807, 2.05) is 24.3 Å². The lowest BCUT2D eigenvalue weighted by Gasteiger charge is -2.13. The molecule has 0 unspecified atom stereocenters. The Hall–Kier alpha value is -4.29. The molecule has 1 fully saturated rings. The number of nitrogens with one attached hydrogen (secondary N) is 1. The second-order valence-corrected chi connectivity index (χ2v) is 8.38. The fourth-order valence-electron chi connectivity index (χ4n) is 3.99. The number of anilines is 1. The average Bonchev–Trinajstić information content (AvgIpc) is 3.16. The predicted molar refractivity (Wildman–Crippen MR) is 137 cm³/mol. The van der Waals surface area contributed by atoms with E-state index in [0.29, 0.717) is 34.4 Å². The Bertz CT molecular complexity index is 1460. The number of nitrogens with zero attached hydrogens (tertiary/aromatic N) is 1. The summed E-state index contributed by atoms with van der Waals surface area (Å²) >= 11 is 5.91. The summed E-state index contributed by atoms with van der Waals surface area (Å²) in [6.45, 7) is 0.378. The molecule has 174 valence electrons. The van der Waals surface area contributed by atoms with Crippen LogP contribution in [0, 0.1) is 0 Å². The van der Waals surface area contributed by atoms with Crippen molar-refractivity contribution in [3.05, 3.63) is 107 Å². The summed E-state index contributed by atoms with van der Waals surface area (Å²) < 4.78 is 11.6. The molecule has 0 bridgehead atoms. The van der Waals surface area contributed by atoms with E-state index in [4.69, 9.17) is 21.1 Å². The van der Waals surface area contributed by atoms with Gasteiger partial charge in [0, 0.05) is 5.02 Å². The normalized spacial score (nSPS) is 14.5. The van der Waals surface area contributed by atoms with E-state index in [-0.39, 0.29) is 5.70 Å². The zero-order valence-corrected chi connectivity index (χ0v) is 19.6. The number of halogens is 1. The van der Waals surface area contributed by atoms with E-state index in [1.54, 1.807) is 55.7 Å². The first-order chi connectivity index (χ1) is 17.0. The van der Waals surface area contributed by atoms with Crippen LogP contribution in [0.4, 0.5) is 10.5 Å². The van der Waals surface area contributed by atoms with Gasteiger partial charge in [-0.05, 0) is 64.4 Å². The number of rotatable bonds is 6. The number of hydrogen-bond acceptors (Lipinski definition) is 4. The molecule has 0 saturated carbocycles. The quantitative estimate of drug-likeness (QED) is 0.262. The molecule has 3 amide bonds. The van der Waals surface area contributed by atoms with Gasteiger partial charge in [0.05, 0.1) is 12.8 Å². The van der Waals surface area contributed by atoms with Gasteiger partial charge in [-0.2, -0.15) is 0 Å². The highest BCUT2D eigenvalue weighted by atomic mass is 35.5. The van der Waals surface area contributed by atoms with Crippen LogP contribution < -0.4 is 19.7 Å². The van der Waals surface area contributed by atoms with Crippen molar-refractivity contribution in [3.63, 3.8) is 0 Å². The minimum Gasteiger partial charge on any atom is -0.493 e. The molecule has 7 heteroatoms. The number of amides is 3. The molecule has 1 aliphatic heterocycles. The Labute approximate surface area is 207 Å². The lowest BCUT2D eigenvalue weighted by molar-refractivity contribution is -0.113. The van der Waals surface area contributed by atoms with Gasteiger partial charge >= 0.3 is 6.03 Å². The van der Waals surface area contributed by atoms with Crippen molar-refractivity contribution in [2.24, 2.45) is 0 Å². The molecule has 35 heavy (non-hydrogen) atoms. The monoisotopic (exact) mass is 484 g/mol. The topological polar surface area (TPSA) is 67.9 Å². The molecule has 0 atom stereocenters. The standard InChI is InChI=1S/C28H21ClN2O4/c1-34-26-16-18(15-24-27(32)31(28(33)30-24)22-12-10-21(29)11-13-22)9-14-25(26)35-17-20-7-4-6-19-5-2-3-8-23(19)20/h2-16H,17H2,1H3,(H,30,33)/b24-15+. The van der Waals surface area contributed by atoms with E-state index >= 15 is 0 Å². The van der Waals surface area contributed by atoms with Crippen LogP contribution in [0.3, 0.4) is 0 Å². The van der Waals surface area contributed by atoms with Crippen molar-refractivity contribution >= 4 is 46.1 Å². The molecule has 6 nitrogen and oxygen atoms in total. The summed E-state index contributed by atoms with van der Waals surface area (Å²) in [5.41, 5.74) is 2.35. The molecular weight excluding hydrogens is 464 g/mol. The largest absolute Gasteiger partial charge is 0.493 e. The molecule has 1 heterocycles. The molecular formula is C28H21ClN2O4. The summed E-state index contributed by atoms with van der Waals surface area (Å²) in [6, 6.07) is 25.6. The smallest absolute Gasteiger partial charge is 0.333 e. The van der Waals surface area contributed by atoms with Gasteiger partial charge in [-0.25, -0.2) is 9.69 Å². The zero-order valence-electron chi connectivity index (χ0n) is 18.8. The molecule has 0 aromatic heterocycles. The van der Waals surface area contributed by atoms with Crippen molar-refractivity contribution in [2.45, 2.75) is 6.61 Å². The molecule has 4 aromatic carbocycles. The fraction of sp³-hybridized carbons (Fsp3) is 0.0714. The van der Waals surface area contributed by atoms with Crippen LogP contribution in [-0.4, -0.2) is 19.0 Å². The molecule has 0 radical (unpaired) electrons. The van der Waals surface area contributed by atoms with Crippen molar-refractivity contribution in [1.29, 1.82) is 0 Å². The first kappa shape index (κ1) is 22.5. The van der Waals surface area contributed by atoms with E-state index in [9.17, 15) is 9.59 Å². The zero-order chi connectivity index (χ0) is 24.4. The maximum Gasteiger partial charge on any atom is 0.333 e. The van der Waals surface area contributed by atoms with E-state index in [2.05, 4.69) is 23.5 Å². The summed E-state index contributed by atoms with van der Waals surface area (Å²) in [5, 5.41) is 5.43. The van der Waals surface area contributed by atoms with Crippen LogP contribution in [0.15, 0.2) is 90.6 Å². The van der Waals surface area contributed by atoms with Gasteiger partial charge in [0.25, 0.3) is 5.91 Å². The Morgan fingerprint density at radius 3 is 2.49 bits per heavy atom. The van der Waals surface area contributed by atoms with Crippen LogP contribution in [0.25, 0.3) is 16.8 Å². The van der Waals surface area contributed by atoms with Crippen LogP contribution in [0.5, 0.6) is 11.5 Å². The SMILES string of the molecule is COc1cc(/C=C2/NC(=O)N(c3ccc(Cl)cc3)C2=O)ccc1OCc1cccc2ccccc12. The van der Waals surface area contributed by atoms with Gasteiger partial charge in [0.1, 0.15) is 12.3 Å². The van der Waals surface area contributed by atoms with Crippen LogP contribution in [0.1, 0.15) is 11.1 Å². The third-order valence-corrected chi connectivity index (χ3v) is 5.98. The minimum atomic E-state index is -0.523. The maximum absolute atomic E-state index is 12.9. The lowest BCUT2D eigenvalue weighted by Crippen LogP contribution is -2.30. The van der Waals surface area contributed by atoms with Gasteiger partial charge in [-0.1, -0.05) is 60.1 Å². The van der Waals surface area contributed by atoms with Gasteiger partial charge in [0.15, 0.2) is 11.5 Å². The fourth-order valence-corrected chi connectivity index (χ4v) is 4.12. The first-order valence-corrected chi connectivity index (χ1v) is 11.3. The molecule has 0 aliphatic carbocycles. The third-order valence-electron chi connectivity index (χ3n) is 5.72. The number of ether oxygens (including phenoxy) is 2. The lowest BCUT2D eigenvalue weighted by atomic mass is 10.1. The number of fused-ring (bicyclic) bond motifs is 1. The Morgan fingerprint density at radius 2 is 1.69 bits per heavy atom. The number of urea groups is 1. The van der Waals surface area contributed by atoms with Gasteiger partial charge in [-0.15, -0.1) is 0 Å². The number of hydrogen-bond donors (Lipinski definition) is 1. The Kier molecular flexibility index (Phi) is 6.12. The first-order valence-electron chi connectivity index (χ1n) is 10.9. The van der Waals surface area contributed by atoms with Crippen molar-refractivity contribution < 1.29 is 19.1 Å². The minimum absolute atomic E-state index is 0.163. The van der Waals surface area contributed by atoms with E-state index < -0.39 is 11.9 Å². The van der Waals surface area contributed by atoms with Crippen LogP contribution in [0.2, 0.25) is 5.02 Å². The summed E-state index contributed by atoms with van der Waals surface area (Å²) in [5.74, 6) is 0.644. The number of carbonyl (C=O) groups excluding carboxylic acids is 2. The molecule has 1 aliphatic rings. The van der Waals surface area contributed by atoms with Crippen molar-refractivity contribution in [3.8, 4) is 11.5 Å². The van der Waals surface area contributed by atoms with Crippen molar-refractivity contribution in [2.75, 3.05) is 12.0 Å². The predicted octanol–water partition coefficient (Wildman–Crippen LogP) is 6.18. The highest BCUT2D eigenvalue weighted by Crippen LogP contribution is 2.31. The summed E-state index contributed by atoms with van der Waals surface area (Å²) in [6.07, 6.45) is 1.60.